The molecular weight excluding hydrogens is 270 g/mol. The molecule has 4 heteroatoms. The third-order valence-corrected chi connectivity index (χ3v) is 3.24. The van der Waals surface area contributed by atoms with E-state index in [9.17, 15) is 4.79 Å². The van der Waals surface area contributed by atoms with E-state index in [1.165, 1.54) is 0 Å². The van der Waals surface area contributed by atoms with Crippen molar-refractivity contribution in [3.05, 3.63) is 28.2 Å². The van der Waals surface area contributed by atoms with E-state index in [4.69, 9.17) is 4.74 Å². The molecule has 1 aliphatic rings. The lowest BCUT2D eigenvalue weighted by molar-refractivity contribution is -0.119. The second-order valence-electron chi connectivity index (χ2n) is 4.01. The molecule has 1 atom stereocenters. The summed E-state index contributed by atoms with van der Waals surface area (Å²) in [7, 11) is 0. The number of nitrogens with one attached hydrogen (secondary N) is 1. The van der Waals surface area contributed by atoms with Crippen LogP contribution in [0.1, 0.15) is 12.0 Å². The Labute approximate surface area is 103 Å². The van der Waals surface area contributed by atoms with Gasteiger partial charge in [0.15, 0.2) is 0 Å². The number of aryl methyl sites for hydroxylation is 1. The Hall–Kier alpha value is -0.870. The molecule has 1 N–H and O–H groups in total. The lowest BCUT2D eigenvalue weighted by Gasteiger charge is -2.11. The van der Waals surface area contributed by atoms with Crippen LogP contribution in [0.4, 0.5) is 5.69 Å². The van der Waals surface area contributed by atoms with Gasteiger partial charge in [0, 0.05) is 16.8 Å². The fourth-order valence-electron chi connectivity index (χ4n) is 1.74. The Morgan fingerprint density at radius 2 is 2.38 bits per heavy atom. The maximum Gasteiger partial charge on any atom is 0.229 e. The van der Waals surface area contributed by atoms with Gasteiger partial charge in [0.2, 0.25) is 5.91 Å². The van der Waals surface area contributed by atoms with Crippen LogP contribution in [-0.4, -0.2) is 19.1 Å². The molecule has 1 aromatic carbocycles. The number of rotatable bonds is 2. The normalized spacial score (nSPS) is 19.8. The number of anilines is 1. The van der Waals surface area contributed by atoms with E-state index in [0.29, 0.717) is 13.2 Å². The molecule has 1 amide bonds. The molecule has 0 radical (unpaired) electrons. The van der Waals surface area contributed by atoms with Gasteiger partial charge >= 0.3 is 0 Å². The molecule has 0 saturated carbocycles. The fraction of sp³-hybridized carbons (Fsp3) is 0.417. The van der Waals surface area contributed by atoms with Crippen molar-refractivity contribution in [2.45, 2.75) is 13.3 Å². The molecule has 1 aliphatic heterocycles. The van der Waals surface area contributed by atoms with Crippen LogP contribution in [-0.2, 0) is 9.53 Å². The first kappa shape index (κ1) is 11.6. The van der Waals surface area contributed by atoms with Gasteiger partial charge in [-0.2, -0.15) is 0 Å². The van der Waals surface area contributed by atoms with Crippen LogP contribution in [0.2, 0.25) is 0 Å². The van der Waals surface area contributed by atoms with Gasteiger partial charge < -0.3 is 10.1 Å². The van der Waals surface area contributed by atoms with Crippen molar-refractivity contribution in [1.29, 1.82) is 0 Å². The molecule has 2 rings (SSSR count). The molecule has 1 saturated heterocycles. The summed E-state index contributed by atoms with van der Waals surface area (Å²) in [4.78, 5) is 11.8. The second kappa shape index (κ2) is 4.97. The highest BCUT2D eigenvalue weighted by atomic mass is 79.9. The first-order chi connectivity index (χ1) is 7.66. The second-order valence-corrected chi connectivity index (χ2v) is 4.92. The van der Waals surface area contributed by atoms with E-state index < -0.39 is 0 Å². The van der Waals surface area contributed by atoms with Crippen molar-refractivity contribution in [3.63, 3.8) is 0 Å². The van der Waals surface area contributed by atoms with Gasteiger partial charge in [-0.15, -0.1) is 0 Å². The summed E-state index contributed by atoms with van der Waals surface area (Å²) < 4.78 is 6.22. The third kappa shape index (κ3) is 2.62. The SMILES string of the molecule is Cc1cc(Br)ccc1NC(=O)C1CCOC1. The Kier molecular flexibility index (Phi) is 3.61. The molecule has 16 heavy (non-hydrogen) atoms. The highest BCUT2D eigenvalue weighted by Crippen LogP contribution is 2.22. The summed E-state index contributed by atoms with van der Waals surface area (Å²) >= 11 is 3.40. The maximum absolute atomic E-state index is 11.8. The molecular formula is C12H14BrNO2. The number of amides is 1. The van der Waals surface area contributed by atoms with Crippen LogP contribution < -0.4 is 5.32 Å². The van der Waals surface area contributed by atoms with Gasteiger partial charge in [-0.3, -0.25) is 4.79 Å². The summed E-state index contributed by atoms with van der Waals surface area (Å²) in [6, 6.07) is 5.82. The number of ether oxygens (including phenoxy) is 1. The van der Waals surface area contributed by atoms with Crippen molar-refractivity contribution >= 4 is 27.5 Å². The van der Waals surface area contributed by atoms with Crippen LogP contribution >= 0.6 is 15.9 Å². The topological polar surface area (TPSA) is 38.3 Å². The molecule has 0 spiro atoms. The van der Waals surface area contributed by atoms with E-state index in [-0.39, 0.29) is 11.8 Å². The summed E-state index contributed by atoms with van der Waals surface area (Å²) in [5.41, 5.74) is 1.93. The fourth-order valence-corrected chi connectivity index (χ4v) is 2.22. The predicted octanol–water partition coefficient (Wildman–Crippen LogP) is 2.73. The molecule has 1 heterocycles. The molecule has 1 aromatic rings. The Balaban J connectivity index is 2.05. The molecule has 0 aliphatic carbocycles. The van der Waals surface area contributed by atoms with Gasteiger partial charge in [0.25, 0.3) is 0 Å². The standard InChI is InChI=1S/C12H14BrNO2/c1-8-6-10(13)2-3-11(8)14-12(15)9-4-5-16-7-9/h2-3,6,9H,4-5,7H2,1H3,(H,14,15). The van der Waals surface area contributed by atoms with Gasteiger partial charge in [-0.1, -0.05) is 15.9 Å². The molecule has 1 unspecified atom stereocenters. The highest BCUT2D eigenvalue weighted by molar-refractivity contribution is 9.10. The summed E-state index contributed by atoms with van der Waals surface area (Å²) in [5, 5.41) is 2.94. The van der Waals surface area contributed by atoms with Gasteiger partial charge in [-0.05, 0) is 37.1 Å². The van der Waals surface area contributed by atoms with Crippen molar-refractivity contribution < 1.29 is 9.53 Å². The van der Waals surface area contributed by atoms with E-state index in [1.807, 2.05) is 25.1 Å². The largest absolute Gasteiger partial charge is 0.381 e. The average Bonchev–Trinajstić information content (AvgIpc) is 2.75. The molecule has 0 bridgehead atoms. The van der Waals surface area contributed by atoms with Gasteiger partial charge in [0.05, 0.1) is 12.5 Å². The quantitative estimate of drug-likeness (QED) is 0.906. The zero-order chi connectivity index (χ0) is 11.5. The molecule has 3 nitrogen and oxygen atoms in total. The smallest absolute Gasteiger partial charge is 0.229 e. The maximum atomic E-state index is 11.8. The minimum Gasteiger partial charge on any atom is -0.381 e. The van der Waals surface area contributed by atoms with Crippen LogP contribution in [0.25, 0.3) is 0 Å². The van der Waals surface area contributed by atoms with E-state index in [2.05, 4.69) is 21.2 Å². The van der Waals surface area contributed by atoms with Crippen molar-refractivity contribution in [1.82, 2.24) is 0 Å². The van der Waals surface area contributed by atoms with Crippen LogP contribution in [0.3, 0.4) is 0 Å². The van der Waals surface area contributed by atoms with Crippen molar-refractivity contribution in [2.24, 2.45) is 5.92 Å². The van der Waals surface area contributed by atoms with Gasteiger partial charge in [0.1, 0.15) is 0 Å². The van der Waals surface area contributed by atoms with Crippen LogP contribution in [0.15, 0.2) is 22.7 Å². The number of carbonyl (C=O) groups excluding carboxylic acids is 1. The van der Waals surface area contributed by atoms with E-state index in [1.54, 1.807) is 0 Å². The monoisotopic (exact) mass is 283 g/mol. The summed E-state index contributed by atoms with van der Waals surface area (Å²) in [6.07, 6.45) is 0.821. The lowest BCUT2D eigenvalue weighted by atomic mass is 10.1. The number of hydrogen-bond acceptors (Lipinski definition) is 2. The Morgan fingerprint density at radius 1 is 1.56 bits per heavy atom. The number of benzene rings is 1. The zero-order valence-corrected chi connectivity index (χ0v) is 10.7. The van der Waals surface area contributed by atoms with Crippen LogP contribution in [0.5, 0.6) is 0 Å². The van der Waals surface area contributed by atoms with Crippen molar-refractivity contribution in [3.8, 4) is 0 Å². The zero-order valence-electron chi connectivity index (χ0n) is 9.13. The van der Waals surface area contributed by atoms with E-state index >= 15 is 0 Å². The molecule has 86 valence electrons. The summed E-state index contributed by atoms with van der Waals surface area (Å²) in [6.45, 7) is 3.21. The van der Waals surface area contributed by atoms with Gasteiger partial charge in [-0.25, -0.2) is 0 Å². The number of halogens is 1. The molecule has 0 aromatic heterocycles. The molecule has 1 fully saturated rings. The van der Waals surface area contributed by atoms with E-state index in [0.717, 1.165) is 22.1 Å². The third-order valence-electron chi connectivity index (χ3n) is 2.75. The number of carbonyl (C=O) groups is 1. The van der Waals surface area contributed by atoms with Crippen LogP contribution in [0, 0.1) is 12.8 Å². The summed E-state index contributed by atoms with van der Waals surface area (Å²) in [5.74, 6) is 0.0611. The van der Waals surface area contributed by atoms with Crippen molar-refractivity contribution in [2.75, 3.05) is 18.5 Å². The predicted molar refractivity (Wildman–Crippen MR) is 66.4 cm³/mol. The number of hydrogen-bond donors (Lipinski definition) is 1. The lowest BCUT2D eigenvalue weighted by Crippen LogP contribution is -2.23. The first-order valence-corrected chi connectivity index (χ1v) is 6.11. The highest BCUT2D eigenvalue weighted by Gasteiger charge is 2.23. The Morgan fingerprint density at radius 3 is 3.00 bits per heavy atom. The Bertz CT molecular complexity index is 400. The first-order valence-electron chi connectivity index (χ1n) is 5.31. The minimum absolute atomic E-state index is 0.00282. The average molecular weight is 284 g/mol. The minimum atomic E-state index is 0.00282.